The predicted octanol–water partition coefficient (Wildman–Crippen LogP) is 2.37. The van der Waals surface area contributed by atoms with Crippen LogP contribution >= 0.6 is 0 Å². The number of carbonyl (C=O) groups is 1. The minimum atomic E-state index is -0.0231. The van der Waals surface area contributed by atoms with Crippen molar-refractivity contribution in [1.82, 2.24) is 20.0 Å². The third kappa shape index (κ3) is 2.41. The highest BCUT2D eigenvalue weighted by atomic mass is 16.5. The van der Waals surface area contributed by atoms with Gasteiger partial charge < -0.3 is 9.42 Å². The summed E-state index contributed by atoms with van der Waals surface area (Å²) in [5.74, 6) is 1.27. The summed E-state index contributed by atoms with van der Waals surface area (Å²) in [6, 6.07) is 1.89. The Morgan fingerprint density at radius 3 is 2.86 bits per heavy atom. The zero-order valence-corrected chi connectivity index (χ0v) is 12.5. The molecule has 0 bridgehead atoms. The van der Waals surface area contributed by atoms with Gasteiger partial charge in [0.05, 0.1) is 17.4 Å². The van der Waals surface area contributed by atoms with Gasteiger partial charge >= 0.3 is 0 Å². The maximum Gasteiger partial charge on any atom is 0.259 e. The predicted molar refractivity (Wildman–Crippen MR) is 75.8 cm³/mol. The van der Waals surface area contributed by atoms with E-state index in [2.05, 4.69) is 15.1 Å². The second-order valence-electron chi connectivity index (χ2n) is 5.38. The number of nitrogens with zero attached hydrogens (tertiary/aromatic N) is 4. The quantitative estimate of drug-likeness (QED) is 0.847. The standard InChI is InChI=1S/C15H18N4O2/c1-9-14(10(2)21-18-9)15(20)19-8-4-5-13(19)12-6-7-16-11(3)17-12/h6-7,13H,4-5,8H2,1-3H3. The molecule has 1 fully saturated rings. The summed E-state index contributed by atoms with van der Waals surface area (Å²) in [7, 11) is 0. The molecule has 1 amide bonds. The van der Waals surface area contributed by atoms with Gasteiger partial charge in [-0.25, -0.2) is 9.97 Å². The van der Waals surface area contributed by atoms with E-state index in [1.807, 2.05) is 17.9 Å². The molecule has 0 spiro atoms. The van der Waals surface area contributed by atoms with Crippen LogP contribution < -0.4 is 0 Å². The summed E-state index contributed by atoms with van der Waals surface area (Å²) in [6.45, 7) is 6.16. The number of hydrogen-bond donors (Lipinski definition) is 0. The first kappa shape index (κ1) is 13.7. The van der Waals surface area contributed by atoms with Gasteiger partial charge in [-0.1, -0.05) is 5.16 Å². The van der Waals surface area contributed by atoms with Crippen molar-refractivity contribution in [3.05, 3.63) is 40.8 Å². The van der Waals surface area contributed by atoms with E-state index in [1.165, 1.54) is 0 Å². The molecule has 3 rings (SSSR count). The molecule has 2 aromatic rings. The van der Waals surface area contributed by atoms with Crippen LogP contribution in [0.3, 0.4) is 0 Å². The smallest absolute Gasteiger partial charge is 0.259 e. The number of hydrogen-bond acceptors (Lipinski definition) is 5. The molecule has 6 heteroatoms. The molecule has 3 heterocycles. The van der Waals surface area contributed by atoms with Crippen molar-refractivity contribution < 1.29 is 9.32 Å². The third-order valence-electron chi connectivity index (χ3n) is 3.90. The summed E-state index contributed by atoms with van der Waals surface area (Å²) < 4.78 is 5.11. The van der Waals surface area contributed by atoms with Crippen LogP contribution in [0.2, 0.25) is 0 Å². The molecule has 0 aromatic carbocycles. The monoisotopic (exact) mass is 286 g/mol. The van der Waals surface area contributed by atoms with Crippen molar-refractivity contribution in [1.29, 1.82) is 0 Å². The average molecular weight is 286 g/mol. The third-order valence-corrected chi connectivity index (χ3v) is 3.90. The molecule has 0 N–H and O–H groups in total. The van der Waals surface area contributed by atoms with Crippen LogP contribution in [0.25, 0.3) is 0 Å². The summed E-state index contributed by atoms with van der Waals surface area (Å²) in [4.78, 5) is 23.3. The summed E-state index contributed by atoms with van der Waals surface area (Å²) in [5, 5.41) is 3.87. The van der Waals surface area contributed by atoms with E-state index in [4.69, 9.17) is 4.52 Å². The molecular formula is C15H18N4O2. The SMILES string of the molecule is Cc1nccc(C2CCCN2C(=O)c2c(C)noc2C)n1. The van der Waals surface area contributed by atoms with E-state index in [9.17, 15) is 4.79 Å². The molecule has 1 aliphatic heterocycles. The molecule has 1 atom stereocenters. The van der Waals surface area contributed by atoms with E-state index in [-0.39, 0.29) is 11.9 Å². The molecule has 1 aliphatic rings. The van der Waals surface area contributed by atoms with E-state index < -0.39 is 0 Å². The van der Waals surface area contributed by atoms with Crippen molar-refractivity contribution in [2.24, 2.45) is 0 Å². The highest BCUT2D eigenvalue weighted by molar-refractivity contribution is 5.96. The zero-order chi connectivity index (χ0) is 15.0. The molecule has 110 valence electrons. The Balaban J connectivity index is 1.93. The first-order valence-corrected chi connectivity index (χ1v) is 7.11. The van der Waals surface area contributed by atoms with Gasteiger partial charge in [-0.2, -0.15) is 0 Å². The summed E-state index contributed by atoms with van der Waals surface area (Å²) >= 11 is 0. The Morgan fingerprint density at radius 2 is 2.19 bits per heavy atom. The first-order chi connectivity index (χ1) is 10.1. The van der Waals surface area contributed by atoms with Crippen LogP contribution in [-0.2, 0) is 0 Å². The second-order valence-corrected chi connectivity index (χ2v) is 5.38. The fourth-order valence-corrected chi connectivity index (χ4v) is 2.91. The Kier molecular flexibility index (Phi) is 3.45. The molecule has 6 nitrogen and oxygen atoms in total. The van der Waals surface area contributed by atoms with Crippen molar-refractivity contribution >= 4 is 5.91 Å². The van der Waals surface area contributed by atoms with Crippen LogP contribution in [-0.4, -0.2) is 32.5 Å². The Labute approximate surface area is 123 Å². The van der Waals surface area contributed by atoms with Crippen molar-refractivity contribution in [2.45, 2.75) is 39.7 Å². The Bertz CT molecular complexity index is 661. The maximum absolute atomic E-state index is 12.8. The molecule has 1 saturated heterocycles. The largest absolute Gasteiger partial charge is 0.361 e. The van der Waals surface area contributed by atoms with Crippen LogP contribution in [0, 0.1) is 20.8 Å². The average Bonchev–Trinajstić information content (AvgIpc) is 3.05. The van der Waals surface area contributed by atoms with Gasteiger partial charge in [0, 0.05) is 12.7 Å². The highest BCUT2D eigenvalue weighted by Crippen LogP contribution is 2.32. The summed E-state index contributed by atoms with van der Waals surface area (Å²) in [5.41, 5.74) is 2.12. The number of carbonyl (C=O) groups excluding carboxylic acids is 1. The lowest BCUT2D eigenvalue weighted by molar-refractivity contribution is 0.0730. The molecule has 0 saturated carbocycles. The van der Waals surface area contributed by atoms with Gasteiger partial charge in [0.15, 0.2) is 0 Å². The minimum Gasteiger partial charge on any atom is -0.361 e. The minimum absolute atomic E-state index is 0.00731. The van der Waals surface area contributed by atoms with Gasteiger partial charge in [-0.15, -0.1) is 0 Å². The lowest BCUT2D eigenvalue weighted by Crippen LogP contribution is -2.31. The highest BCUT2D eigenvalue weighted by Gasteiger charge is 2.34. The molecule has 2 aromatic heterocycles. The Hall–Kier alpha value is -2.24. The normalized spacial score (nSPS) is 18.2. The first-order valence-electron chi connectivity index (χ1n) is 7.11. The van der Waals surface area contributed by atoms with Crippen LogP contribution in [0.1, 0.15) is 52.2 Å². The van der Waals surface area contributed by atoms with E-state index in [0.29, 0.717) is 17.0 Å². The van der Waals surface area contributed by atoms with Gasteiger partial charge in [0.2, 0.25) is 0 Å². The molecular weight excluding hydrogens is 268 g/mol. The van der Waals surface area contributed by atoms with E-state index in [1.54, 1.807) is 20.0 Å². The molecule has 0 radical (unpaired) electrons. The second kappa shape index (κ2) is 5.27. The van der Waals surface area contributed by atoms with E-state index in [0.717, 1.165) is 30.9 Å². The topological polar surface area (TPSA) is 72.1 Å². The van der Waals surface area contributed by atoms with Crippen molar-refractivity contribution in [2.75, 3.05) is 6.54 Å². The zero-order valence-electron chi connectivity index (χ0n) is 12.5. The van der Waals surface area contributed by atoms with Gasteiger partial charge in [-0.05, 0) is 39.7 Å². The van der Waals surface area contributed by atoms with Crippen molar-refractivity contribution in [3.8, 4) is 0 Å². The number of amides is 1. The number of aryl methyl sites for hydroxylation is 3. The molecule has 1 unspecified atom stereocenters. The number of rotatable bonds is 2. The van der Waals surface area contributed by atoms with E-state index >= 15 is 0 Å². The number of aromatic nitrogens is 3. The lowest BCUT2D eigenvalue weighted by atomic mass is 10.1. The lowest BCUT2D eigenvalue weighted by Gasteiger charge is -2.24. The Morgan fingerprint density at radius 1 is 1.38 bits per heavy atom. The van der Waals surface area contributed by atoms with Crippen LogP contribution in [0.15, 0.2) is 16.8 Å². The maximum atomic E-state index is 12.8. The summed E-state index contributed by atoms with van der Waals surface area (Å²) in [6.07, 6.45) is 3.64. The van der Waals surface area contributed by atoms with Gasteiger partial charge in [-0.3, -0.25) is 4.79 Å². The fraction of sp³-hybridized carbons (Fsp3) is 0.467. The van der Waals surface area contributed by atoms with Crippen LogP contribution in [0.5, 0.6) is 0 Å². The van der Waals surface area contributed by atoms with Gasteiger partial charge in [0.1, 0.15) is 17.1 Å². The van der Waals surface area contributed by atoms with Crippen molar-refractivity contribution in [3.63, 3.8) is 0 Å². The molecule has 0 aliphatic carbocycles. The van der Waals surface area contributed by atoms with Gasteiger partial charge in [0.25, 0.3) is 5.91 Å². The van der Waals surface area contributed by atoms with Crippen LogP contribution in [0.4, 0.5) is 0 Å². The number of likely N-dealkylation sites (tertiary alicyclic amines) is 1. The molecule has 21 heavy (non-hydrogen) atoms. The fourth-order valence-electron chi connectivity index (χ4n) is 2.91.